The van der Waals surface area contributed by atoms with Crippen molar-refractivity contribution in [2.45, 2.75) is 32.7 Å². The standard InChI is InChI=1S/C22H34N4O/c1-4-23-22(26(3)19-21-13-10-16-25(21)2)24-15-8-9-17-27-18-14-20-11-6-5-7-12-20/h5-7,10-13,16H,4,8-9,14-15,17-19H2,1-3H3,(H,23,24). The first kappa shape index (κ1) is 21.0. The minimum absolute atomic E-state index is 0.787. The van der Waals surface area contributed by atoms with Gasteiger partial charge in [-0.2, -0.15) is 0 Å². The van der Waals surface area contributed by atoms with Gasteiger partial charge in [0.25, 0.3) is 0 Å². The monoisotopic (exact) mass is 370 g/mol. The predicted molar refractivity (Wildman–Crippen MR) is 113 cm³/mol. The van der Waals surface area contributed by atoms with Gasteiger partial charge in [0, 0.05) is 45.7 Å². The van der Waals surface area contributed by atoms with Crippen LogP contribution in [0.2, 0.25) is 0 Å². The van der Waals surface area contributed by atoms with Gasteiger partial charge in [-0.25, -0.2) is 0 Å². The van der Waals surface area contributed by atoms with E-state index >= 15 is 0 Å². The van der Waals surface area contributed by atoms with Crippen molar-refractivity contribution < 1.29 is 4.74 Å². The van der Waals surface area contributed by atoms with Crippen LogP contribution in [0.1, 0.15) is 31.0 Å². The number of aromatic nitrogens is 1. The highest BCUT2D eigenvalue weighted by molar-refractivity contribution is 5.79. The lowest BCUT2D eigenvalue weighted by molar-refractivity contribution is 0.134. The fourth-order valence-corrected chi connectivity index (χ4v) is 2.89. The number of ether oxygens (including phenoxy) is 1. The molecule has 148 valence electrons. The molecule has 0 saturated carbocycles. The number of guanidine groups is 1. The van der Waals surface area contributed by atoms with Crippen LogP contribution in [0.4, 0.5) is 0 Å². The summed E-state index contributed by atoms with van der Waals surface area (Å²) in [6.07, 6.45) is 5.13. The third kappa shape index (κ3) is 7.87. The van der Waals surface area contributed by atoms with E-state index in [1.54, 1.807) is 0 Å². The summed E-state index contributed by atoms with van der Waals surface area (Å²) in [6, 6.07) is 14.7. The fourth-order valence-electron chi connectivity index (χ4n) is 2.89. The Labute approximate surface area is 164 Å². The van der Waals surface area contributed by atoms with Crippen LogP contribution in [-0.2, 0) is 24.8 Å². The van der Waals surface area contributed by atoms with E-state index in [2.05, 4.69) is 78.4 Å². The highest BCUT2D eigenvalue weighted by atomic mass is 16.5. The molecule has 0 saturated heterocycles. The van der Waals surface area contributed by atoms with E-state index in [9.17, 15) is 0 Å². The van der Waals surface area contributed by atoms with Gasteiger partial charge in [0.15, 0.2) is 5.96 Å². The summed E-state index contributed by atoms with van der Waals surface area (Å²) in [5.74, 6) is 0.962. The smallest absolute Gasteiger partial charge is 0.194 e. The largest absolute Gasteiger partial charge is 0.381 e. The zero-order chi connectivity index (χ0) is 19.3. The van der Waals surface area contributed by atoms with E-state index in [-0.39, 0.29) is 0 Å². The fraction of sp³-hybridized carbons (Fsp3) is 0.500. The topological polar surface area (TPSA) is 41.8 Å². The Hall–Kier alpha value is -2.27. The molecule has 1 aromatic heterocycles. The van der Waals surface area contributed by atoms with Gasteiger partial charge in [0.2, 0.25) is 0 Å². The predicted octanol–water partition coefficient (Wildman–Crippen LogP) is 3.46. The van der Waals surface area contributed by atoms with Crippen LogP contribution in [-0.4, -0.2) is 48.8 Å². The Morgan fingerprint density at radius 1 is 1.11 bits per heavy atom. The van der Waals surface area contributed by atoms with Crippen molar-refractivity contribution >= 4 is 5.96 Å². The van der Waals surface area contributed by atoms with Gasteiger partial charge in [-0.05, 0) is 43.9 Å². The molecule has 0 unspecified atom stereocenters. The summed E-state index contributed by atoms with van der Waals surface area (Å²) in [7, 11) is 4.16. The maximum absolute atomic E-state index is 5.75. The molecule has 2 rings (SSSR count). The van der Waals surface area contributed by atoms with Crippen molar-refractivity contribution in [2.75, 3.05) is 33.4 Å². The number of aliphatic imine (C=N–C) groups is 1. The maximum atomic E-state index is 5.75. The van der Waals surface area contributed by atoms with Gasteiger partial charge in [-0.15, -0.1) is 0 Å². The second-order valence-electron chi connectivity index (χ2n) is 6.76. The molecular formula is C22H34N4O. The van der Waals surface area contributed by atoms with E-state index < -0.39 is 0 Å². The van der Waals surface area contributed by atoms with Crippen LogP contribution in [0.15, 0.2) is 53.7 Å². The average molecular weight is 371 g/mol. The molecule has 1 aromatic carbocycles. The molecule has 1 N–H and O–H groups in total. The number of hydrogen-bond acceptors (Lipinski definition) is 2. The lowest BCUT2D eigenvalue weighted by Gasteiger charge is -2.22. The quantitative estimate of drug-likeness (QED) is 0.374. The Bertz CT molecular complexity index is 666. The van der Waals surface area contributed by atoms with Crippen LogP contribution in [0.3, 0.4) is 0 Å². The third-order valence-corrected chi connectivity index (χ3v) is 4.48. The van der Waals surface area contributed by atoms with Gasteiger partial charge in [-0.3, -0.25) is 4.99 Å². The van der Waals surface area contributed by atoms with Gasteiger partial charge < -0.3 is 19.5 Å². The molecule has 0 bridgehead atoms. The number of unbranched alkanes of at least 4 members (excludes halogenated alkanes) is 1. The number of benzene rings is 1. The van der Waals surface area contributed by atoms with Crippen molar-refractivity contribution in [2.24, 2.45) is 12.0 Å². The third-order valence-electron chi connectivity index (χ3n) is 4.48. The highest BCUT2D eigenvalue weighted by Gasteiger charge is 2.07. The summed E-state index contributed by atoms with van der Waals surface area (Å²) in [5, 5.41) is 3.38. The molecule has 0 aliphatic heterocycles. The van der Waals surface area contributed by atoms with Gasteiger partial charge >= 0.3 is 0 Å². The Balaban J connectivity index is 1.63. The molecule has 0 atom stereocenters. The molecule has 2 aromatic rings. The molecule has 5 heteroatoms. The zero-order valence-electron chi connectivity index (χ0n) is 17.0. The minimum atomic E-state index is 0.787. The minimum Gasteiger partial charge on any atom is -0.381 e. The van der Waals surface area contributed by atoms with Crippen molar-refractivity contribution in [3.05, 3.63) is 59.9 Å². The number of nitrogens with zero attached hydrogens (tertiary/aromatic N) is 3. The second-order valence-corrected chi connectivity index (χ2v) is 6.76. The normalized spacial score (nSPS) is 11.6. The van der Waals surface area contributed by atoms with Gasteiger partial charge in [0.1, 0.15) is 0 Å². The summed E-state index contributed by atoms with van der Waals surface area (Å²) in [4.78, 5) is 6.93. The van der Waals surface area contributed by atoms with Crippen molar-refractivity contribution in [1.82, 2.24) is 14.8 Å². The lowest BCUT2D eigenvalue weighted by atomic mass is 10.2. The Kier molecular flexibility index (Phi) is 9.49. The van der Waals surface area contributed by atoms with Crippen LogP contribution >= 0.6 is 0 Å². The Morgan fingerprint density at radius 2 is 1.93 bits per heavy atom. The van der Waals surface area contributed by atoms with Gasteiger partial charge in [-0.1, -0.05) is 30.3 Å². The first-order chi connectivity index (χ1) is 13.2. The van der Waals surface area contributed by atoms with E-state index in [1.165, 1.54) is 11.3 Å². The molecule has 0 spiro atoms. The van der Waals surface area contributed by atoms with Crippen LogP contribution in [0.5, 0.6) is 0 Å². The number of nitrogens with one attached hydrogen (secondary N) is 1. The number of rotatable bonds is 11. The molecule has 0 radical (unpaired) electrons. The molecule has 5 nitrogen and oxygen atoms in total. The number of hydrogen-bond donors (Lipinski definition) is 1. The van der Waals surface area contributed by atoms with E-state index in [1.807, 2.05) is 6.07 Å². The molecule has 1 heterocycles. The van der Waals surface area contributed by atoms with Crippen molar-refractivity contribution in [3.8, 4) is 0 Å². The SMILES string of the molecule is CCNC(=NCCCCOCCc1ccccc1)N(C)Cc1cccn1C. The van der Waals surface area contributed by atoms with Crippen molar-refractivity contribution in [1.29, 1.82) is 0 Å². The average Bonchev–Trinajstić information content (AvgIpc) is 3.08. The van der Waals surface area contributed by atoms with E-state index in [0.717, 1.165) is 58.1 Å². The summed E-state index contributed by atoms with van der Waals surface area (Å²) >= 11 is 0. The summed E-state index contributed by atoms with van der Waals surface area (Å²) in [5.41, 5.74) is 2.61. The first-order valence-electron chi connectivity index (χ1n) is 9.92. The summed E-state index contributed by atoms with van der Waals surface area (Å²) in [6.45, 7) is 6.23. The van der Waals surface area contributed by atoms with E-state index in [4.69, 9.17) is 9.73 Å². The highest BCUT2D eigenvalue weighted by Crippen LogP contribution is 2.04. The summed E-state index contributed by atoms with van der Waals surface area (Å²) < 4.78 is 7.89. The van der Waals surface area contributed by atoms with Crippen LogP contribution < -0.4 is 5.32 Å². The van der Waals surface area contributed by atoms with E-state index in [0.29, 0.717) is 0 Å². The van der Waals surface area contributed by atoms with Crippen LogP contribution in [0.25, 0.3) is 0 Å². The maximum Gasteiger partial charge on any atom is 0.194 e. The zero-order valence-corrected chi connectivity index (χ0v) is 17.0. The Morgan fingerprint density at radius 3 is 2.63 bits per heavy atom. The molecule has 0 aliphatic rings. The molecular weight excluding hydrogens is 336 g/mol. The number of aryl methyl sites for hydroxylation is 1. The van der Waals surface area contributed by atoms with Crippen LogP contribution in [0, 0.1) is 0 Å². The van der Waals surface area contributed by atoms with Crippen molar-refractivity contribution in [3.63, 3.8) is 0 Å². The molecule has 0 amide bonds. The second kappa shape index (κ2) is 12.2. The van der Waals surface area contributed by atoms with Gasteiger partial charge in [0.05, 0.1) is 13.2 Å². The molecule has 0 fully saturated rings. The molecule has 0 aliphatic carbocycles. The molecule has 27 heavy (non-hydrogen) atoms. The lowest BCUT2D eigenvalue weighted by Crippen LogP contribution is -2.38. The first-order valence-corrected chi connectivity index (χ1v) is 9.92.